The molecule has 1 rings (SSSR count). The largest absolute Gasteiger partial charge is 0.304 e. The van der Waals surface area contributed by atoms with Crippen molar-refractivity contribution >= 4 is 17.8 Å². The summed E-state index contributed by atoms with van der Waals surface area (Å²) in [5, 5.41) is 8.88. The van der Waals surface area contributed by atoms with E-state index in [-0.39, 0.29) is 5.56 Å². The van der Waals surface area contributed by atoms with Crippen molar-refractivity contribution in [2.24, 2.45) is 7.05 Å². The maximum atomic E-state index is 11.3. The summed E-state index contributed by atoms with van der Waals surface area (Å²) in [6.45, 7) is 0. The number of nitriles is 1. The number of nitrogens with zero attached hydrogens (tertiary/aromatic N) is 3. The molecule has 0 radical (unpaired) electrons. The van der Waals surface area contributed by atoms with E-state index in [0.717, 1.165) is 0 Å². The van der Waals surface area contributed by atoms with Crippen molar-refractivity contribution in [1.82, 2.24) is 4.57 Å². The summed E-state index contributed by atoms with van der Waals surface area (Å²) >= 11 is 1.45. The van der Waals surface area contributed by atoms with E-state index >= 15 is 0 Å². The van der Waals surface area contributed by atoms with E-state index in [0.29, 0.717) is 11.4 Å². The van der Waals surface area contributed by atoms with Gasteiger partial charge in [0.1, 0.15) is 11.9 Å². The van der Waals surface area contributed by atoms with Crippen molar-refractivity contribution in [3.05, 3.63) is 28.0 Å². The SMILES string of the molecule is CSN(C)c1c(C#N)ccc(=O)n1C. The molecule has 0 aliphatic carbocycles. The first kappa shape index (κ1) is 10.7. The van der Waals surface area contributed by atoms with Crippen LogP contribution in [0, 0.1) is 11.3 Å². The van der Waals surface area contributed by atoms with Crippen LogP contribution in [0.4, 0.5) is 5.82 Å². The molecule has 5 heteroatoms. The normalized spacial score (nSPS) is 9.57. The van der Waals surface area contributed by atoms with Gasteiger partial charge in [0, 0.05) is 26.4 Å². The average Bonchev–Trinajstić information content (AvgIpc) is 2.20. The van der Waals surface area contributed by atoms with Crippen LogP contribution in [0.5, 0.6) is 0 Å². The molecule has 0 saturated heterocycles. The number of hydrogen-bond donors (Lipinski definition) is 0. The van der Waals surface area contributed by atoms with Crippen LogP contribution >= 0.6 is 11.9 Å². The summed E-state index contributed by atoms with van der Waals surface area (Å²) in [5.41, 5.74) is 0.392. The van der Waals surface area contributed by atoms with Gasteiger partial charge in [0.2, 0.25) is 0 Å². The molecular formula is C9H11N3OS. The fourth-order valence-electron chi connectivity index (χ4n) is 1.18. The fourth-order valence-corrected chi connectivity index (χ4v) is 1.57. The maximum Gasteiger partial charge on any atom is 0.251 e. The first-order chi connectivity index (χ1) is 6.61. The Morgan fingerprint density at radius 1 is 1.57 bits per heavy atom. The van der Waals surface area contributed by atoms with Crippen LogP contribution in [0.1, 0.15) is 5.56 Å². The van der Waals surface area contributed by atoms with Crippen molar-refractivity contribution in [2.75, 3.05) is 17.6 Å². The van der Waals surface area contributed by atoms with Crippen LogP contribution in [-0.2, 0) is 7.05 Å². The van der Waals surface area contributed by atoms with Crippen LogP contribution in [0.15, 0.2) is 16.9 Å². The molecule has 0 N–H and O–H groups in total. The molecule has 0 aliphatic rings. The Labute approximate surface area is 86.9 Å². The summed E-state index contributed by atoms with van der Waals surface area (Å²) in [4.78, 5) is 11.3. The van der Waals surface area contributed by atoms with E-state index in [4.69, 9.17) is 5.26 Å². The molecule has 0 fully saturated rings. The van der Waals surface area contributed by atoms with E-state index in [1.165, 1.54) is 22.6 Å². The molecule has 0 aliphatic heterocycles. The van der Waals surface area contributed by atoms with Crippen LogP contribution in [-0.4, -0.2) is 17.9 Å². The molecule has 0 amide bonds. The zero-order valence-electron chi connectivity index (χ0n) is 8.31. The van der Waals surface area contributed by atoms with Gasteiger partial charge in [0.25, 0.3) is 5.56 Å². The third-order valence-electron chi connectivity index (χ3n) is 1.97. The molecule has 4 nitrogen and oxygen atoms in total. The number of hydrogen-bond acceptors (Lipinski definition) is 4. The summed E-state index contributed by atoms with van der Waals surface area (Å²) < 4.78 is 3.26. The monoisotopic (exact) mass is 209 g/mol. The third kappa shape index (κ3) is 1.75. The molecule has 0 spiro atoms. The quantitative estimate of drug-likeness (QED) is 0.681. The van der Waals surface area contributed by atoms with Crippen LogP contribution in [0.2, 0.25) is 0 Å². The second-order valence-electron chi connectivity index (χ2n) is 2.76. The molecule has 0 bridgehead atoms. The van der Waals surface area contributed by atoms with Crippen molar-refractivity contribution in [3.63, 3.8) is 0 Å². The molecule has 0 aromatic carbocycles. The highest BCUT2D eigenvalue weighted by Crippen LogP contribution is 2.20. The Bertz CT molecular complexity index is 433. The minimum absolute atomic E-state index is 0.111. The van der Waals surface area contributed by atoms with Gasteiger partial charge < -0.3 is 4.31 Å². The Kier molecular flexibility index (Phi) is 3.20. The molecule has 1 aromatic heterocycles. The van der Waals surface area contributed by atoms with E-state index in [2.05, 4.69) is 6.07 Å². The van der Waals surface area contributed by atoms with Gasteiger partial charge in [-0.3, -0.25) is 9.36 Å². The van der Waals surface area contributed by atoms with Crippen molar-refractivity contribution in [3.8, 4) is 6.07 Å². The molecule has 1 aromatic rings. The number of pyridine rings is 1. The van der Waals surface area contributed by atoms with E-state index in [1.54, 1.807) is 17.4 Å². The Morgan fingerprint density at radius 3 is 2.71 bits per heavy atom. The summed E-state index contributed by atoms with van der Waals surface area (Å²) in [6, 6.07) is 5.01. The highest BCUT2D eigenvalue weighted by molar-refractivity contribution is 7.99. The number of rotatable bonds is 2. The smallest absolute Gasteiger partial charge is 0.251 e. The van der Waals surface area contributed by atoms with E-state index < -0.39 is 0 Å². The van der Waals surface area contributed by atoms with Gasteiger partial charge >= 0.3 is 0 Å². The Hall–Kier alpha value is -1.41. The van der Waals surface area contributed by atoms with Gasteiger partial charge in [-0.15, -0.1) is 0 Å². The lowest BCUT2D eigenvalue weighted by molar-refractivity contribution is 0.852. The molecule has 14 heavy (non-hydrogen) atoms. The number of anilines is 1. The maximum absolute atomic E-state index is 11.3. The molecule has 0 unspecified atom stereocenters. The second kappa shape index (κ2) is 4.20. The predicted molar refractivity (Wildman–Crippen MR) is 58.3 cm³/mol. The van der Waals surface area contributed by atoms with Crippen LogP contribution in [0.25, 0.3) is 0 Å². The molecule has 74 valence electrons. The fraction of sp³-hybridized carbons (Fsp3) is 0.333. The topological polar surface area (TPSA) is 49.0 Å². The molecule has 0 saturated carbocycles. The molecule has 1 heterocycles. The summed E-state index contributed by atoms with van der Waals surface area (Å²) in [7, 11) is 3.48. The van der Waals surface area contributed by atoms with Gasteiger partial charge in [0.15, 0.2) is 0 Å². The summed E-state index contributed by atoms with van der Waals surface area (Å²) in [5.74, 6) is 0.632. The van der Waals surface area contributed by atoms with Gasteiger partial charge in [-0.1, -0.05) is 11.9 Å². The first-order valence-electron chi connectivity index (χ1n) is 3.99. The Morgan fingerprint density at radius 2 is 2.21 bits per heavy atom. The number of aromatic nitrogens is 1. The Balaban J connectivity index is 3.45. The van der Waals surface area contributed by atoms with Crippen molar-refractivity contribution in [1.29, 1.82) is 5.26 Å². The average molecular weight is 209 g/mol. The van der Waals surface area contributed by atoms with E-state index in [9.17, 15) is 4.79 Å². The third-order valence-corrected chi connectivity index (χ3v) is 2.70. The van der Waals surface area contributed by atoms with E-state index in [1.807, 2.05) is 13.3 Å². The summed E-state index contributed by atoms with van der Waals surface area (Å²) in [6.07, 6.45) is 1.89. The molecule has 0 atom stereocenters. The lowest BCUT2D eigenvalue weighted by Crippen LogP contribution is -2.23. The lowest BCUT2D eigenvalue weighted by Gasteiger charge is -2.19. The van der Waals surface area contributed by atoms with Gasteiger partial charge in [-0.2, -0.15) is 5.26 Å². The zero-order chi connectivity index (χ0) is 10.7. The van der Waals surface area contributed by atoms with Crippen molar-refractivity contribution < 1.29 is 0 Å². The van der Waals surface area contributed by atoms with Crippen LogP contribution in [0.3, 0.4) is 0 Å². The predicted octanol–water partition coefficient (Wildman–Crippen LogP) is 0.971. The minimum Gasteiger partial charge on any atom is -0.304 e. The standard InChI is InChI=1S/C9H11N3OS/c1-11-8(13)5-4-7(6-10)9(11)12(2)14-3/h4-5H,1-3H3. The highest BCUT2D eigenvalue weighted by Gasteiger charge is 2.10. The first-order valence-corrected chi connectivity index (χ1v) is 5.18. The highest BCUT2D eigenvalue weighted by atomic mass is 32.2. The zero-order valence-corrected chi connectivity index (χ0v) is 9.13. The van der Waals surface area contributed by atoms with Crippen molar-refractivity contribution in [2.45, 2.75) is 0 Å². The minimum atomic E-state index is -0.111. The van der Waals surface area contributed by atoms with Gasteiger partial charge in [-0.05, 0) is 6.07 Å². The van der Waals surface area contributed by atoms with Gasteiger partial charge in [0.05, 0.1) is 5.56 Å². The lowest BCUT2D eigenvalue weighted by atomic mass is 10.3. The van der Waals surface area contributed by atoms with Gasteiger partial charge in [-0.25, -0.2) is 0 Å². The molecular weight excluding hydrogens is 198 g/mol. The van der Waals surface area contributed by atoms with Crippen LogP contribution < -0.4 is 9.86 Å². The second-order valence-corrected chi connectivity index (χ2v) is 3.67.